The van der Waals surface area contributed by atoms with Crippen LogP contribution in [0.1, 0.15) is 154 Å². The maximum atomic E-state index is 10.9. The lowest BCUT2D eigenvalue weighted by molar-refractivity contribution is -0.0213. The summed E-state index contributed by atoms with van der Waals surface area (Å²) in [6.45, 7) is 17.0. The molecular weight excluding hydrogens is 1220 g/mol. The van der Waals surface area contributed by atoms with Gasteiger partial charge in [0.25, 0.3) is 0 Å². The molecule has 8 aromatic rings. The highest BCUT2D eigenvalue weighted by Crippen LogP contribution is 2.71. The van der Waals surface area contributed by atoms with Crippen LogP contribution in [0.3, 0.4) is 0 Å². The molecule has 2 saturated carbocycles. The highest BCUT2D eigenvalue weighted by atomic mass is 16.5. The molecule has 0 aromatic heterocycles. The van der Waals surface area contributed by atoms with E-state index in [1.807, 2.05) is 113 Å². The van der Waals surface area contributed by atoms with Gasteiger partial charge in [0.05, 0.1) is 65.1 Å². The molecule has 8 aromatic carbocycles. The highest BCUT2D eigenvalue weighted by Gasteiger charge is 2.62. The van der Waals surface area contributed by atoms with Crippen molar-refractivity contribution in [3.63, 3.8) is 0 Å². The average Bonchev–Trinajstić information content (AvgIpc) is 1.56. The van der Waals surface area contributed by atoms with Gasteiger partial charge >= 0.3 is 0 Å². The Kier molecular flexibility index (Phi) is 17.5. The molecule has 6 fully saturated rings. The number of rotatable bonds is 12. The molecule has 4 aliphatic heterocycles. The van der Waals surface area contributed by atoms with Crippen LogP contribution >= 0.6 is 0 Å². The zero-order valence-corrected chi connectivity index (χ0v) is 55.3. The lowest BCUT2D eigenvalue weighted by Gasteiger charge is -2.45. The van der Waals surface area contributed by atoms with E-state index in [2.05, 4.69) is 0 Å². The molecule has 6 aliphatic rings. The number of hydrogen-bond acceptors (Lipinski definition) is 16. The Labute approximate surface area is 559 Å². The normalized spacial score (nSPS) is 28.0. The second-order valence-electron chi connectivity index (χ2n) is 27.2. The molecule has 500 valence electrons. The summed E-state index contributed by atoms with van der Waals surface area (Å²) in [6, 6.07) is 44.1. The smallest absolute Gasteiger partial charge is 0.160 e. The average molecular weight is 1300 g/mol. The monoisotopic (exact) mass is 1300 g/mol. The van der Waals surface area contributed by atoms with E-state index < -0.39 is 35.2 Å². The summed E-state index contributed by atoms with van der Waals surface area (Å²) in [5.74, 6) is 3.03. The maximum absolute atomic E-state index is 10.9. The summed E-state index contributed by atoms with van der Waals surface area (Å²) < 4.78 is 49.7. The molecule has 0 bridgehead atoms. The molecule has 0 radical (unpaired) electrons. The molecular formula is C80H84O16. The number of ether oxygens (including phenoxy) is 8. The number of phenolic OH excluding ortho intramolecular Hbond substituents is 8. The maximum Gasteiger partial charge on any atom is 0.160 e. The molecule has 2 aliphatic carbocycles. The third-order valence-corrected chi connectivity index (χ3v) is 22.0. The number of fused-ring (bicyclic) bond motifs is 2. The molecule has 0 amide bonds. The van der Waals surface area contributed by atoms with Crippen molar-refractivity contribution >= 4 is 0 Å². The molecule has 14 rings (SSSR count). The fourth-order valence-corrected chi connectivity index (χ4v) is 16.9. The van der Waals surface area contributed by atoms with E-state index in [4.69, 9.17) is 51.1 Å². The van der Waals surface area contributed by atoms with Crippen LogP contribution in [-0.4, -0.2) is 69.3 Å². The van der Waals surface area contributed by atoms with E-state index in [0.717, 1.165) is 104 Å². The number of aryl methyl sites for hydroxylation is 4. The van der Waals surface area contributed by atoms with Crippen molar-refractivity contribution in [3.05, 3.63) is 237 Å². The van der Waals surface area contributed by atoms with Crippen molar-refractivity contribution in [2.24, 2.45) is 34.5 Å². The molecule has 2 spiro atoms. The Bertz CT molecular complexity index is 4040. The standard InChI is InChI=1S/2C40H42O8/c2*1-21-16-24(6-10-30(21)41)36-23(3)40(39(48-36)27-9-13-34(45-4)33(44)18-27)15-14-28-29(20-40)38(26-8-12-32(43)35(19-26)46-5)47-37(28)25-7-11-31(42)22(2)17-25/h2*6-13,16-19,28-29,36-39,41-44H,3,14-15,20H2,1-2,4-5H3/t28?,29?,36-,37-,38+,39-,40+;28?,29?,36-,37-,38+,39-,40-/m00/s1. The second kappa shape index (κ2) is 25.7. The van der Waals surface area contributed by atoms with Crippen LogP contribution < -0.4 is 18.9 Å². The Morgan fingerprint density at radius 1 is 0.323 bits per heavy atom. The van der Waals surface area contributed by atoms with Crippen molar-refractivity contribution in [1.82, 2.24) is 0 Å². The van der Waals surface area contributed by atoms with Gasteiger partial charge in [0.1, 0.15) is 35.2 Å². The van der Waals surface area contributed by atoms with Gasteiger partial charge in [-0.1, -0.05) is 61.7 Å². The Balaban J connectivity index is 0.000000174. The molecule has 8 N–H and O–H groups in total. The largest absolute Gasteiger partial charge is 0.508 e. The van der Waals surface area contributed by atoms with E-state index in [9.17, 15) is 40.9 Å². The first-order chi connectivity index (χ1) is 46.1. The quantitative estimate of drug-likeness (QED) is 0.0531. The van der Waals surface area contributed by atoms with Crippen LogP contribution in [0.15, 0.2) is 170 Å². The molecule has 4 saturated heterocycles. The fraction of sp³-hybridized carbons (Fsp3) is 0.350. The van der Waals surface area contributed by atoms with Crippen molar-refractivity contribution < 1.29 is 78.7 Å². The van der Waals surface area contributed by atoms with E-state index in [0.29, 0.717) is 35.8 Å². The van der Waals surface area contributed by atoms with Crippen LogP contribution in [0.25, 0.3) is 0 Å². The van der Waals surface area contributed by atoms with Gasteiger partial charge in [0, 0.05) is 10.8 Å². The molecule has 16 heteroatoms. The number of benzene rings is 8. The van der Waals surface area contributed by atoms with Crippen molar-refractivity contribution in [1.29, 1.82) is 0 Å². The SMILES string of the molecule is C=C1[C@@H](c2ccc(O)c(C)c2)O[C@@H](c2ccc(OC)c(O)c2)[C@@]12CCC1C(C2)[C@@H](c2ccc(O)c(OC)c2)O[C@H]1c1ccc(O)c(C)c1.C=C1[C@@H](c2ccc(O)c(C)c2)O[C@@H](c2ccc(OC)c(O)c2)[C@]12CCC1C(C2)[C@@H](c2ccc(O)c(OC)c2)O[C@H]1c1ccc(O)c(C)c1. The predicted molar refractivity (Wildman–Crippen MR) is 361 cm³/mol. The third-order valence-electron chi connectivity index (χ3n) is 22.0. The van der Waals surface area contributed by atoms with Crippen LogP contribution in [0.4, 0.5) is 0 Å². The lowest BCUT2D eigenvalue weighted by atomic mass is 9.57. The number of methoxy groups -OCH3 is 4. The Hall–Kier alpha value is -9.32. The number of aromatic hydroxyl groups is 8. The van der Waals surface area contributed by atoms with Gasteiger partial charge < -0.3 is 78.7 Å². The predicted octanol–water partition coefficient (Wildman–Crippen LogP) is 16.9. The Morgan fingerprint density at radius 2 is 0.615 bits per heavy atom. The van der Waals surface area contributed by atoms with Crippen molar-refractivity contribution in [2.45, 2.75) is 115 Å². The number of phenols is 8. The first-order valence-electron chi connectivity index (χ1n) is 32.7. The second-order valence-corrected chi connectivity index (χ2v) is 27.2. The number of hydrogen-bond donors (Lipinski definition) is 8. The van der Waals surface area contributed by atoms with Gasteiger partial charge in [-0.25, -0.2) is 0 Å². The van der Waals surface area contributed by atoms with Crippen molar-refractivity contribution in [3.8, 4) is 69.0 Å². The molecule has 14 atom stereocenters. The summed E-state index contributed by atoms with van der Waals surface area (Å²) in [6.07, 6.45) is 1.80. The first kappa shape index (κ1) is 65.3. The van der Waals surface area contributed by atoms with Gasteiger partial charge in [0.2, 0.25) is 0 Å². The zero-order chi connectivity index (χ0) is 67.8. The molecule has 4 unspecified atom stereocenters. The minimum Gasteiger partial charge on any atom is -0.508 e. The third kappa shape index (κ3) is 11.3. The summed E-state index contributed by atoms with van der Waals surface area (Å²) in [4.78, 5) is 0. The van der Waals surface area contributed by atoms with Gasteiger partial charge in [-0.05, 0) is 265 Å². The van der Waals surface area contributed by atoms with E-state index in [-0.39, 0.29) is 94.1 Å². The minimum atomic E-state index is -0.513. The topological polar surface area (TPSA) is 236 Å². The van der Waals surface area contributed by atoms with Crippen LogP contribution in [0, 0.1) is 62.2 Å². The van der Waals surface area contributed by atoms with Gasteiger partial charge in [-0.2, -0.15) is 0 Å². The zero-order valence-electron chi connectivity index (χ0n) is 55.3. The van der Waals surface area contributed by atoms with Crippen LogP contribution in [0.5, 0.6) is 69.0 Å². The molecule has 96 heavy (non-hydrogen) atoms. The first-order valence-corrected chi connectivity index (χ1v) is 32.7. The fourth-order valence-electron chi connectivity index (χ4n) is 16.9. The molecule has 16 nitrogen and oxygen atoms in total. The summed E-state index contributed by atoms with van der Waals surface area (Å²) in [7, 11) is 6.13. The van der Waals surface area contributed by atoms with Gasteiger partial charge in [0.15, 0.2) is 46.0 Å². The minimum absolute atomic E-state index is 0.0297. The van der Waals surface area contributed by atoms with E-state index in [1.165, 1.54) is 28.4 Å². The van der Waals surface area contributed by atoms with Gasteiger partial charge in [-0.3, -0.25) is 0 Å². The van der Waals surface area contributed by atoms with E-state index in [1.54, 1.807) is 60.7 Å². The molecule has 4 heterocycles. The van der Waals surface area contributed by atoms with Crippen LogP contribution in [-0.2, 0) is 18.9 Å². The van der Waals surface area contributed by atoms with Gasteiger partial charge in [-0.15, -0.1) is 0 Å². The van der Waals surface area contributed by atoms with Crippen molar-refractivity contribution in [2.75, 3.05) is 28.4 Å². The summed E-state index contributed by atoms with van der Waals surface area (Å²) in [5, 5.41) is 83.8. The summed E-state index contributed by atoms with van der Waals surface area (Å²) in [5.41, 5.74) is 11.3. The van der Waals surface area contributed by atoms with E-state index >= 15 is 0 Å². The summed E-state index contributed by atoms with van der Waals surface area (Å²) >= 11 is 0. The lowest BCUT2D eigenvalue weighted by Crippen LogP contribution is -2.37. The highest BCUT2D eigenvalue weighted by molar-refractivity contribution is 5.51. The van der Waals surface area contributed by atoms with Crippen LogP contribution in [0.2, 0.25) is 0 Å². The Morgan fingerprint density at radius 3 is 0.938 bits per heavy atom.